The number of aromatic nitrogens is 2. The van der Waals surface area contributed by atoms with Crippen LogP contribution in [-0.4, -0.2) is 21.8 Å². The number of nitrogens with zero attached hydrogens (tertiary/aromatic N) is 2. The molecule has 0 saturated heterocycles. The van der Waals surface area contributed by atoms with Crippen molar-refractivity contribution in [2.24, 2.45) is 17.6 Å². The highest BCUT2D eigenvalue weighted by Crippen LogP contribution is 2.40. The second-order valence-electron chi connectivity index (χ2n) is 5.66. The second kappa shape index (κ2) is 6.16. The lowest BCUT2D eigenvalue weighted by atomic mass is 9.77. The van der Waals surface area contributed by atoms with E-state index in [0.717, 1.165) is 18.8 Å². The number of hydrogen-bond donors (Lipinski definition) is 1. The first-order chi connectivity index (χ1) is 9.41. The van der Waals surface area contributed by atoms with E-state index in [4.69, 9.17) is 5.73 Å². The minimum atomic E-state index is -4.08. The molecule has 114 valence electrons. The molecule has 3 nitrogen and oxygen atoms in total. The number of hydrogen-bond acceptors (Lipinski definition) is 2. The molecular formula is C14H22F3N3. The molecular weight excluding hydrogens is 267 g/mol. The number of aryl methyl sites for hydroxylation is 1. The summed E-state index contributed by atoms with van der Waals surface area (Å²) >= 11 is 0. The molecule has 0 spiro atoms. The summed E-state index contributed by atoms with van der Waals surface area (Å²) in [7, 11) is 0. The normalized spacial score (nSPS) is 25.6. The van der Waals surface area contributed by atoms with Gasteiger partial charge in [0.25, 0.3) is 0 Å². The number of nitrogens with two attached hydrogens (primary N) is 1. The van der Waals surface area contributed by atoms with Crippen molar-refractivity contribution in [3.63, 3.8) is 0 Å². The average molecular weight is 289 g/mol. The monoisotopic (exact) mass is 289 g/mol. The zero-order valence-electron chi connectivity index (χ0n) is 11.7. The van der Waals surface area contributed by atoms with Crippen LogP contribution >= 0.6 is 0 Å². The van der Waals surface area contributed by atoms with Crippen LogP contribution in [0.1, 0.15) is 38.4 Å². The van der Waals surface area contributed by atoms with Gasteiger partial charge in [-0.25, -0.2) is 4.98 Å². The Balaban J connectivity index is 1.97. The predicted molar refractivity (Wildman–Crippen MR) is 71.1 cm³/mol. The number of alkyl halides is 3. The minimum absolute atomic E-state index is 0.0580. The molecule has 0 amide bonds. The number of halogens is 3. The predicted octanol–water partition coefficient (Wildman–Crippen LogP) is 3.14. The topological polar surface area (TPSA) is 43.8 Å². The van der Waals surface area contributed by atoms with Crippen LogP contribution in [0.4, 0.5) is 13.2 Å². The van der Waals surface area contributed by atoms with Gasteiger partial charge in [0, 0.05) is 31.4 Å². The molecule has 0 aliphatic heterocycles. The summed E-state index contributed by atoms with van der Waals surface area (Å²) in [6.07, 6.45) is 1.88. The highest BCUT2D eigenvalue weighted by Gasteiger charge is 2.43. The van der Waals surface area contributed by atoms with Crippen molar-refractivity contribution in [1.29, 1.82) is 0 Å². The molecule has 2 N–H and O–H groups in total. The van der Waals surface area contributed by atoms with Gasteiger partial charge in [0.05, 0.1) is 5.92 Å². The second-order valence-corrected chi connectivity index (χ2v) is 5.66. The van der Waals surface area contributed by atoms with Crippen LogP contribution in [0, 0.1) is 11.8 Å². The molecule has 1 aliphatic rings. The molecule has 2 rings (SSSR count). The van der Waals surface area contributed by atoms with Crippen molar-refractivity contribution in [3.05, 3.63) is 18.2 Å². The fraction of sp³-hybridized carbons (Fsp3) is 0.786. The Morgan fingerprint density at radius 1 is 1.45 bits per heavy atom. The standard InChI is InChI=1S/C14H22F3N3/c1-2-20-7-6-19-13(20)9-12(18)10-4-3-5-11(8-10)14(15,16)17/h6-7,10-12H,2-5,8-9,18H2,1H3. The summed E-state index contributed by atoms with van der Waals surface area (Å²) in [5.74, 6) is -0.371. The van der Waals surface area contributed by atoms with Crippen LogP contribution in [0.3, 0.4) is 0 Å². The minimum Gasteiger partial charge on any atom is -0.335 e. The fourth-order valence-electron chi connectivity index (χ4n) is 3.11. The molecule has 1 aromatic heterocycles. The molecule has 6 heteroatoms. The maximum absolute atomic E-state index is 12.8. The molecule has 0 radical (unpaired) electrons. The number of imidazole rings is 1. The Bertz CT molecular complexity index is 428. The smallest absolute Gasteiger partial charge is 0.335 e. The van der Waals surface area contributed by atoms with Crippen molar-refractivity contribution in [2.45, 2.75) is 57.8 Å². The highest BCUT2D eigenvalue weighted by molar-refractivity contribution is 4.97. The molecule has 1 fully saturated rings. The molecule has 3 atom stereocenters. The molecule has 20 heavy (non-hydrogen) atoms. The third kappa shape index (κ3) is 3.53. The molecule has 0 bridgehead atoms. The van der Waals surface area contributed by atoms with Crippen molar-refractivity contribution in [2.75, 3.05) is 0 Å². The summed E-state index contributed by atoms with van der Waals surface area (Å²) in [5, 5.41) is 0. The molecule has 3 unspecified atom stereocenters. The Morgan fingerprint density at radius 2 is 2.20 bits per heavy atom. The summed E-state index contributed by atoms with van der Waals surface area (Å²) in [6.45, 7) is 2.81. The van der Waals surface area contributed by atoms with E-state index >= 15 is 0 Å². The van der Waals surface area contributed by atoms with Crippen LogP contribution in [0.5, 0.6) is 0 Å². The van der Waals surface area contributed by atoms with Crippen molar-refractivity contribution in [1.82, 2.24) is 9.55 Å². The first-order valence-electron chi connectivity index (χ1n) is 7.24. The lowest BCUT2D eigenvalue weighted by molar-refractivity contribution is -0.186. The summed E-state index contributed by atoms with van der Waals surface area (Å²) in [6, 6.07) is -0.243. The van der Waals surface area contributed by atoms with E-state index in [9.17, 15) is 13.2 Å². The SMILES string of the molecule is CCn1ccnc1CC(N)C1CCCC(C(F)(F)F)C1. The van der Waals surface area contributed by atoms with E-state index in [1.165, 1.54) is 0 Å². The van der Waals surface area contributed by atoms with Gasteiger partial charge in [0.1, 0.15) is 5.82 Å². The van der Waals surface area contributed by atoms with E-state index in [1.54, 1.807) is 6.20 Å². The maximum Gasteiger partial charge on any atom is 0.391 e. The van der Waals surface area contributed by atoms with E-state index in [1.807, 2.05) is 17.7 Å². The van der Waals surface area contributed by atoms with Gasteiger partial charge in [-0.2, -0.15) is 13.2 Å². The van der Waals surface area contributed by atoms with Crippen LogP contribution in [-0.2, 0) is 13.0 Å². The lowest BCUT2D eigenvalue weighted by Gasteiger charge is -2.33. The van der Waals surface area contributed by atoms with Crippen molar-refractivity contribution >= 4 is 0 Å². The van der Waals surface area contributed by atoms with Crippen molar-refractivity contribution < 1.29 is 13.2 Å². The molecule has 0 aromatic carbocycles. The average Bonchev–Trinajstić information content (AvgIpc) is 2.85. The Labute approximate surface area is 117 Å². The zero-order chi connectivity index (χ0) is 14.8. The van der Waals surface area contributed by atoms with Crippen LogP contribution < -0.4 is 5.73 Å². The van der Waals surface area contributed by atoms with Crippen LogP contribution in [0.2, 0.25) is 0 Å². The zero-order valence-corrected chi connectivity index (χ0v) is 11.7. The van der Waals surface area contributed by atoms with Gasteiger partial charge in [-0.3, -0.25) is 0 Å². The Kier molecular flexibility index (Phi) is 4.73. The van der Waals surface area contributed by atoms with Gasteiger partial charge >= 0.3 is 6.18 Å². The molecule has 1 heterocycles. The molecule has 1 aliphatic carbocycles. The summed E-state index contributed by atoms with van der Waals surface area (Å²) in [5.41, 5.74) is 6.15. The first kappa shape index (κ1) is 15.4. The third-order valence-corrected chi connectivity index (χ3v) is 4.34. The van der Waals surface area contributed by atoms with E-state index in [-0.39, 0.29) is 24.8 Å². The van der Waals surface area contributed by atoms with Gasteiger partial charge in [-0.15, -0.1) is 0 Å². The maximum atomic E-state index is 12.8. The lowest BCUT2D eigenvalue weighted by Crippen LogP contribution is -2.39. The van der Waals surface area contributed by atoms with Crippen LogP contribution in [0.25, 0.3) is 0 Å². The van der Waals surface area contributed by atoms with Crippen LogP contribution in [0.15, 0.2) is 12.4 Å². The largest absolute Gasteiger partial charge is 0.391 e. The Hall–Kier alpha value is -1.04. The van der Waals surface area contributed by atoms with Crippen molar-refractivity contribution in [3.8, 4) is 0 Å². The van der Waals surface area contributed by atoms with Gasteiger partial charge < -0.3 is 10.3 Å². The van der Waals surface area contributed by atoms with Gasteiger partial charge in [-0.1, -0.05) is 6.42 Å². The van der Waals surface area contributed by atoms with E-state index in [2.05, 4.69) is 4.98 Å². The van der Waals surface area contributed by atoms with Gasteiger partial charge in [-0.05, 0) is 32.1 Å². The molecule has 1 aromatic rings. The van der Waals surface area contributed by atoms with E-state index < -0.39 is 12.1 Å². The summed E-state index contributed by atoms with van der Waals surface area (Å²) in [4.78, 5) is 4.25. The number of rotatable bonds is 4. The Morgan fingerprint density at radius 3 is 2.85 bits per heavy atom. The van der Waals surface area contributed by atoms with Gasteiger partial charge in [0.15, 0.2) is 0 Å². The highest BCUT2D eigenvalue weighted by atomic mass is 19.4. The molecule has 1 saturated carbocycles. The fourth-order valence-corrected chi connectivity index (χ4v) is 3.11. The third-order valence-electron chi connectivity index (χ3n) is 4.34. The van der Waals surface area contributed by atoms with Gasteiger partial charge in [0.2, 0.25) is 0 Å². The quantitative estimate of drug-likeness (QED) is 0.925. The van der Waals surface area contributed by atoms with E-state index in [0.29, 0.717) is 12.8 Å². The summed E-state index contributed by atoms with van der Waals surface area (Å²) < 4.78 is 40.4. The first-order valence-corrected chi connectivity index (χ1v) is 7.24.